The highest BCUT2D eigenvalue weighted by Gasteiger charge is 2.03. The summed E-state index contributed by atoms with van der Waals surface area (Å²) in [6.45, 7) is 2.59. The maximum Gasteiger partial charge on any atom is 0.161 e. The zero-order valence-corrected chi connectivity index (χ0v) is 9.98. The van der Waals surface area contributed by atoms with Crippen LogP contribution < -0.4 is 9.47 Å². The zero-order chi connectivity index (χ0) is 11.8. The Hall–Kier alpha value is -1.22. The van der Waals surface area contributed by atoms with E-state index in [1.165, 1.54) is 0 Å². The van der Waals surface area contributed by atoms with E-state index in [2.05, 4.69) is 0 Å². The second-order valence-corrected chi connectivity index (χ2v) is 3.70. The van der Waals surface area contributed by atoms with Crippen LogP contribution in [-0.4, -0.2) is 24.9 Å². The van der Waals surface area contributed by atoms with Gasteiger partial charge in [-0.05, 0) is 31.4 Å². The minimum atomic E-state index is -0.207. The summed E-state index contributed by atoms with van der Waals surface area (Å²) in [6, 6.07) is 7.58. The van der Waals surface area contributed by atoms with Gasteiger partial charge in [0.25, 0.3) is 0 Å². The molecule has 0 bridgehead atoms. The van der Waals surface area contributed by atoms with E-state index in [9.17, 15) is 5.11 Å². The summed E-state index contributed by atoms with van der Waals surface area (Å²) in [4.78, 5) is 0. The van der Waals surface area contributed by atoms with E-state index < -0.39 is 0 Å². The van der Waals surface area contributed by atoms with Crippen LogP contribution in [0, 0.1) is 0 Å². The normalized spacial score (nSPS) is 12.2. The van der Waals surface area contributed by atoms with Gasteiger partial charge in [0.15, 0.2) is 11.5 Å². The fraction of sp³-hybridized carbons (Fsp3) is 0.538. The molecule has 1 rings (SSSR count). The monoisotopic (exact) mass is 224 g/mol. The van der Waals surface area contributed by atoms with Gasteiger partial charge < -0.3 is 14.6 Å². The Morgan fingerprint density at radius 2 is 1.94 bits per heavy atom. The molecule has 0 saturated heterocycles. The number of ether oxygens (including phenoxy) is 2. The molecule has 0 amide bonds. The van der Waals surface area contributed by atoms with Crippen LogP contribution in [0.15, 0.2) is 24.3 Å². The maximum atomic E-state index is 9.38. The maximum absolute atomic E-state index is 9.38. The molecule has 1 aromatic rings. The largest absolute Gasteiger partial charge is 0.493 e. The van der Waals surface area contributed by atoms with Gasteiger partial charge >= 0.3 is 0 Å². The van der Waals surface area contributed by atoms with Gasteiger partial charge in [0.05, 0.1) is 19.8 Å². The van der Waals surface area contributed by atoms with Crippen molar-refractivity contribution in [3.8, 4) is 11.5 Å². The van der Waals surface area contributed by atoms with E-state index in [1.54, 1.807) is 7.11 Å². The molecule has 3 heteroatoms. The molecule has 16 heavy (non-hydrogen) atoms. The van der Waals surface area contributed by atoms with Crippen LogP contribution in [0.4, 0.5) is 0 Å². The van der Waals surface area contributed by atoms with E-state index in [0.29, 0.717) is 6.61 Å². The van der Waals surface area contributed by atoms with Crippen LogP contribution in [0.2, 0.25) is 0 Å². The first-order valence-corrected chi connectivity index (χ1v) is 5.71. The number of benzene rings is 1. The average Bonchev–Trinajstić information content (AvgIpc) is 2.34. The number of para-hydroxylation sites is 2. The van der Waals surface area contributed by atoms with Crippen molar-refractivity contribution in [2.24, 2.45) is 0 Å². The van der Waals surface area contributed by atoms with Gasteiger partial charge in [-0.15, -0.1) is 0 Å². The first-order valence-electron chi connectivity index (χ1n) is 5.71. The smallest absolute Gasteiger partial charge is 0.161 e. The summed E-state index contributed by atoms with van der Waals surface area (Å²) in [6.07, 6.45) is 2.23. The molecule has 0 aliphatic heterocycles. The Morgan fingerprint density at radius 1 is 1.25 bits per heavy atom. The summed E-state index contributed by atoms with van der Waals surface area (Å²) in [7, 11) is 1.63. The fourth-order valence-corrected chi connectivity index (χ4v) is 1.44. The highest BCUT2D eigenvalue weighted by molar-refractivity contribution is 5.39. The van der Waals surface area contributed by atoms with Crippen molar-refractivity contribution in [3.63, 3.8) is 0 Å². The minimum Gasteiger partial charge on any atom is -0.493 e. The third kappa shape index (κ3) is 4.11. The Balaban J connectivity index is 2.31. The lowest BCUT2D eigenvalue weighted by Gasteiger charge is -2.11. The third-order valence-corrected chi connectivity index (χ3v) is 2.48. The lowest BCUT2D eigenvalue weighted by molar-refractivity contribution is 0.148. The predicted octanol–water partition coefficient (Wildman–Crippen LogP) is 2.63. The summed E-state index contributed by atoms with van der Waals surface area (Å²) >= 11 is 0. The first kappa shape index (κ1) is 12.8. The molecule has 1 aromatic carbocycles. The van der Waals surface area contributed by atoms with Gasteiger partial charge in [-0.2, -0.15) is 0 Å². The van der Waals surface area contributed by atoms with Gasteiger partial charge in [-0.1, -0.05) is 19.1 Å². The Bertz CT molecular complexity index is 299. The second-order valence-electron chi connectivity index (χ2n) is 3.70. The van der Waals surface area contributed by atoms with E-state index in [4.69, 9.17) is 9.47 Å². The predicted molar refractivity (Wildman–Crippen MR) is 64.0 cm³/mol. The molecule has 0 heterocycles. The molecule has 0 aliphatic carbocycles. The van der Waals surface area contributed by atoms with Crippen molar-refractivity contribution in [1.29, 1.82) is 0 Å². The summed E-state index contributed by atoms with van der Waals surface area (Å²) < 4.78 is 10.8. The van der Waals surface area contributed by atoms with Crippen molar-refractivity contribution in [2.75, 3.05) is 13.7 Å². The Morgan fingerprint density at radius 3 is 2.56 bits per heavy atom. The van der Waals surface area contributed by atoms with Gasteiger partial charge in [-0.25, -0.2) is 0 Å². The first-order chi connectivity index (χ1) is 7.77. The lowest BCUT2D eigenvalue weighted by atomic mass is 10.1. The molecule has 0 spiro atoms. The molecule has 90 valence electrons. The molecule has 0 saturated carbocycles. The molecular formula is C13H20O3. The topological polar surface area (TPSA) is 38.7 Å². The van der Waals surface area contributed by atoms with Crippen molar-refractivity contribution < 1.29 is 14.6 Å². The lowest BCUT2D eigenvalue weighted by Crippen LogP contribution is -2.07. The molecule has 0 aromatic heterocycles. The van der Waals surface area contributed by atoms with E-state index in [0.717, 1.165) is 30.8 Å². The summed E-state index contributed by atoms with van der Waals surface area (Å²) in [5.74, 6) is 1.51. The quantitative estimate of drug-likeness (QED) is 0.724. The Kier molecular flexibility index (Phi) is 5.72. The van der Waals surface area contributed by atoms with E-state index >= 15 is 0 Å². The average molecular weight is 224 g/mol. The number of rotatable bonds is 7. The van der Waals surface area contributed by atoms with Gasteiger partial charge in [0, 0.05) is 0 Å². The number of hydrogen-bond acceptors (Lipinski definition) is 3. The summed E-state index contributed by atoms with van der Waals surface area (Å²) in [5, 5.41) is 9.38. The summed E-state index contributed by atoms with van der Waals surface area (Å²) in [5.41, 5.74) is 0. The van der Waals surface area contributed by atoms with Crippen LogP contribution in [-0.2, 0) is 0 Å². The van der Waals surface area contributed by atoms with Crippen molar-refractivity contribution >= 4 is 0 Å². The van der Waals surface area contributed by atoms with Crippen molar-refractivity contribution in [3.05, 3.63) is 24.3 Å². The fourth-order valence-electron chi connectivity index (χ4n) is 1.44. The standard InChI is InChI=1S/C13H20O3/c1-3-11(14)7-6-10-16-13-9-5-4-8-12(13)15-2/h4-5,8-9,11,14H,3,6-7,10H2,1-2H3. The van der Waals surface area contributed by atoms with Crippen LogP contribution in [0.25, 0.3) is 0 Å². The molecule has 3 nitrogen and oxygen atoms in total. The third-order valence-electron chi connectivity index (χ3n) is 2.48. The van der Waals surface area contributed by atoms with Crippen LogP contribution in [0.3, 0.4) is 0 Å². The molecule has 0 fully saturated rings. The number of hydrogen-bond donors (Lipinski definition) is 1. The number of methoxy groups -OCH3 is 1. The van der Waals surface area contributed by atoms with Crippen molar-refractivity contribution in [2.45, 2.75) is 32.3 Å². The molecular weight excluding hydrogens is 204 g/mol. The molecule has 0 radical (unpaired) electrons. The van der Waals surface area contributed by atoms with E-state index in [1.807, 2.05) is 31.2 Å². The van der Waals surface area contributed by atoms with Crippen molar-refractivity contribution in [1.82, 2.24) is 0 Å². The number of aliphatic hydroxyl groups excluding tert-OH is 1. The second kappa shape index (κ2) is 7.12. The highest BCUT2D eigenvalue weighted by Crippen LogP contribution is 2.25. The van der Waals surface area contributed by atoms with Gasteiger partial charge in [0.1, 0.15) is 0 Å². The minimum absolute atomic E-state index is 0.207. The van der Waals surface area contributed by atoms with Crippen LogP contribution >= 0.6 is 0 Å². The number of aliphatic hydroxyl groups is 1. The van der Waals surface area contributed by atoms with Gasteiger partial charge in [-0.3, -0.25) is 0 Å². The molecule has 1 unspecified atom stereocenters. The SMILES string of the molecule is CCC(O)CCCOc1ccccc1OC. The zero-order valence-electron chi connectivity index (χ0n) is 9.98. The molecule has 0 aliphatic rings. The molecule has 1 N–H and O–H groups in total. The molecule has 1 atom stereocenters. The highest BCUT2D eigenvalue weighted by atomic mass is 16.5. The van der Waals surface area contributed by atoms with Gasteiger partial charge in [0.2, 0.25) is 0 Å². The Labute approximate surface area is 97.0 Å². The van der Waals surface area contributed by atoms with Crippen LogP contribution in [0.1, 0.15) is 26.2 Å². The van der Waals surface area contributed by atoms with Crippen LogP contribution in [0.5, 0.6) is 11.5 Å². The van der Waals surface area contributed by atoms with E-state index in [-0.39, 0.29) is 6.10 Å².